The Bertz CT molecular complexity index is 1540. The molecule has 2 aliphatic heterocycles. The van der Waals surface area contributed by atoms with Crippen LogP contribution in [0.5, 0.6) is 5.88 Å². The Hall–Kier alpha value is -3.59. The number of fused-ring (bicyclic) bond motifs is 2. The van der Waals surface area contributed by atoms with Gasteiger partial charge in [0.15, 0.2) is 5.82 Å². The third-order valence-electron chi connectivity index (χ3n) is 6.72. The van der Waals surface area contributed by atoms with Crippen LogP contribution >= 0.6 is 0 Å². The van der Waals surface area contributed by atoms with Crippen molar-refractivity contribution in [3.05, 3.63) is 30.2 Å². The van der Waals surface area contributed by atoms with E-state index in [0.717, 1.165) is 6.20 Å². The molecule has 1 aromatic carbocycles. The van der Waals surface area contributed by atoms with Gasteiger partial charge in [0.1, 0.15) is 23.7 Å². The van der Waals surface area contributed by atoms with Crippen molar-refractivity contribution in [3.63, 3.8) is 0 Å². The van der Waals surface area contributed by atoms with Crippen LogP contribution in [0.15, 0.2) is 24.4 Å². The fourth-order valence-electron chi connectivity index (χ4n) is 4.80. The summed E-state index contributed by atoms with van der Waals surface area (Å²) in [5.74, 6) is -0.718. The highest BCUT2D eigenvalue weighted by Crippen LogP contribution is 2.36. The van der Waals surface area contributed by atoms with Crippen LogP contribution in [0.3, 0.4) is 0 Å². The van der Waals surface area contributed by atoms with E-state index in [0.29, 0.717) is 17.6 Å². The maximum Gasteiger partial charge on any atom is 0.408 e. The molecule has 3 aromatic heterocycles. The summed E-state index contributed by atoms with van der Waals surface area (Å²) in [6.07, 6.45) is -4.36. The van der Waals surface area contributed by atoms with Crippen LogP contribution in [0.2, 0.25) is 0 Å². The average molecular weight is 539 g/mol. The Morgan fingerprint density at radius 3 is 2.79 bits per heavy atom. The third-order valence-corrected chi connectivity index (χ3v) is 6.72. The second-order valence-electron chi connectivity index (χ2n) is 9.22. The van der Waals surface area contributed by atoms with Crippen molar-refractivity contribution < 1.29 is 32.8 Å². The normalized spacial score (nSPS) is 22.4. The van der Waals surface area contributed by atoms with E-state index < -0.39 is 36.8 Å². The van der Waals surface area contributed by atoms with Crippen molar-refractivity contribution in [1.29, 1.82) is 0 Å². The van der Waals surface area contributed by atoms with Crippen LogP contribution in [0.4, 0.5) is 27.9 Å². The molecule has 0 saturated carbocycles. The van der Waals surface area contributed by atoms with Gasteiger partial charge in [0.25, 0.3) is 0 Å². The van der Waals surface area contributed by atoms with Gasteiger partial charge >= 0.3 is 6.18 Å². The fraction of sp³-hybridized carbons (Fsp3) is 0.478. The second kappa shape index (κ2) is 9.31. The van der Waals surface area contributed by atoms with E-state index in [4.69, 9.17) is 10.8 Å². The zero-order valence-corrected chi connectivity index (χ0v) is 20.0. The van der Waals surface area contributed by atoms with E-state index in [1.165, 1.54) is 29.8 Å². The number of anilines is 1. The van der Waals surface area contributed by atoms with Gasteiger partial charge in [-0.05, 0) is 24.1 Å². The van der Waals surface area contributed by atoms with Gasteiger partial charge in [-0.1, -0.05) is 11.3 Å². The van der Waals surface area contributed by atoms with Crippen molar-refractivity contribution in [2.45, 2.75) is 37.4 Å². The minimum atomic E-state index is -4.52. The van der Waals surface area contributed by atoms with Gasteiger partial charge in [0.05, 0.1) is 51.0 Å². The smallest absolute Gasteiger partial charge is 0.408 e. The summed E-state index contributed by atoms with van der Waals surface area (Å²) >= 11 is 0. The summed E-state index contributed by atoms with van der Waals surface area (Å²) in [7, 11) is 1.33. The molecule has 10 nitrogen and oxygen atoms in total. The largest absolute Gasteiger partial charge is 0.479 e. The minimum absolute atomic E-state index is 0.0115. The summed E-state index contributed by atoms with van der Waals surface area (Å²) in [5, 5.41) is 14.6. The first-order valence-corrected chi connectivity index (χ1v) is 11.8. The van der Waals surface area contributed by atoms with Crippen molar-refractivity contribution in [1.82, 2.24) is 34.5 Å². The monoisotopic (exact) mass is 539 g/mol. The van der Waals surface area contributed by atoms with Gasteiger partial charge in [-0.3, -0.25) is 4.90 Å². The molecule has 1 N–H and O–H groups in total. The molecule has 5 heterocycles. The number of methoxy groups -OCH3 is 1. The predicted molar refractivity (Wildman–Crippen MR) is 125 cm³/mol. The number of likely N-dealkylation sites (tertiary alicyclic amines) is 1. The third kappa shape index (κ3) is 4.49. The standard InChI is InChI=1S/C23H23F5N8O2/c1-37-21-20-19(12-2-3-17-18(6-12)36(33-31-17)11-23(26,27)28)15(25)8-35(20)32-22(30-21)29-16-4-5-34(7-14(16)24)13-9-38-10-13/h2-3,6,8,13-14,16H,4-5,7,9-11H2,1H3,(H,29,32)/t14-,16+/m0/s1/i13D. The highest BCUT2D eigenvalue weighted by molar-refractivity contribution is 5.89. The van der Waals surface area contributed by atoms with Gasteiger partial charge < -0.3 is 14.8 Å². The quantitative estimate of drug-likeness (QED) is 0.374. The molecule has 38 heavy (non-hydrogen) atoms. The Morgan fingerprint density at radius 2 is 2.11 bits per heavy atom. The lowest BCUT2D eigenvalue weighted by atomic mass is 10.0. The fourth-order valence-corrected chi connectivity index (χ4v) is 4.80. The summed E-state index contributed by atoms with van der Waals surface area (Å²) in [6, 6.07) is 2.76. The molecular weight excluding hydrogens is 515 g/mol. The molecule has 2 atom stereocenters. The first-order valence-electron chi connectivity index (χ1n) is 12.3. The van der Waals surface area contributed by atoms with Crippen molar-refractivity contribution in [2.75, 3.05) is 38.7 Å². The van der Waals surface area contributed by atoms with Crippen molar-refractivity contribution in [2.24, 2.45) is 0 Å². The Kier molecular flexibility index (Phi) is 5.76. The number of halogens is 5. The Morgan fingerprint density at radius 1 is 1.29 bits per heavy atom. The van der Waals surface area contributed by atoms with Crippen molar-refractivity contribution >= 4 is 22.5 Å². The number of benzene rings is 1. The number of nitrogens with zero attached hydrogens (tertiary/aromatic N) is 7. The van der Waals surface area contributed by atoms with Crippen LogP contribution < -0.4 is 10.1 Å². The topological polar surface area (TPSA) is 94.6 Å². The lowest BCUT2D eigenvalue weighted by molar-refractivity contribution is -0.142. The number of hydrogen-bond donors (Lipinski definition) is 1. The molecule has 6 rings (SSSR count). The van der Waals surface area contributed by atoms with Gasteiger partial charge in [-0.2, -0.15) is 18.2 Å². The predicted octanol–water partition coefficient (Wildman–Crippen LogP) is 3.07. The summed E-state index contributed by atoms with van der Waals surface area (Å²) in [6.45, 7) is -0.337. The lowest BCUT2D eigenvalue weighted by Gasteiger charge is -2.42. The van der Waals surface area contributed by atoms with E-state index in [2.05, 4.69) is 25.7 Å². The molecule has 0 radical (unpaired) electrons. The van der Waals surface area contributed by atoms with E-state index in [9.17, 15) is 13.2 Å². The minimum Gasteiger partial charge on any atom is -0.479 e. The van der Waals surface area contributed by atoms with E-state index in [-0.39, 0.29) is 59.3 Å². The zero-order chi connectivity index (χ0) is 27.5. The maximum atomic E-state index is 15.3. The molecule has 15 heteroatoms. The molecule has 0 amide bonds. The summed E-state index contributed by atoms with van der Waals surface area (Å²) in [4.78, 5) is 6.07. The number of ether oxygens (including phenoxy) is 2. The SMILES string of the molecule is [2H]C1(N2CC[C@@H](Nc3nc(OC)c4c(-c5ccc6nnn(CC(F)(F)F)c6c5)c(F)cn4n3)[C@@H](F)C2)COC1. The number of nitrogens with one attached hydrogen (secondary N) is 1. The number of rotatable bonds is 6. The van der Waals surface area contributed by atoms with Crippen LogP contribution in [0.25, 0.3) is 27.7 Å². The van der Waals surface area contributed by atoms with E-state index in [1.54, 1.807) is 4.90 Å². The molecule has 202 valence electrons. The molecule has 0 unspecified atom stereocenters. The molecule has 0 bridgehead atoms. The van der Waals surface area contributed by atoms with Crippen LogP contribution in [-0.4, -0.2) is 92.3 Å². The molecule has 0 spiro atoms. The molecule has 2 fully saturated rings. The molecule has 2 aliphatic rings. The summed E-state index contributed by atoms with van der Waals surface area (Å²) in [5.41, 5.74) is 0.693. The van der Waals surface area contributed by atoms with Crippen molar-refractivity contribution in [3.8, 4) is 17.0 Å². The van der Waals surface area contributed by atoms with E-state index >= 15 is 8.78 Å². The molecular formula is C23H23F5N8O2. The zero-order valence-electron chi connectivity index (χ0n) is 21.0. The van der Waals surface area contributed by atoms with E-state index in [1.807, 2.05) is 0 Å². The average Bonchev–Trinajstić information content (AvgIpc) is 3.41. The number of alkyl halides is 4. The van der Waals surface area contributed by atoms with Crippen LogP contribution in [0.1, 0.15) is 7.79 Å². The second-order valence-corrected chi connectivity index (χ2v) is 9.22. The lowest BCUT2D eigenvalue weighted by Crippen LogP contribution is -2.57. The molecule has 2 saturated heterocycles. The molecule has 4 aromatic rings. The number of piperidine rings is 1. The Balaban J connectivity index is 1.31. The number of aromatic nitrogens is 6. The van der Waals surface area contributed by atoms with Gasteiger partial charge in [-0.15, -0.1) is 10.2 Å². The summed E-state index contributed by atoms with van der Waals surface area (Å²) < 4.78 is 90.0. The maximum absolute atomic E-state index is 15.3. The first kappa shape index (κ1) is 23.5. The van der Waals surface area contributed by atoms with Gasteiger partial charge in [0, 0.05) is 13.1 Å². The highest BCUT2D eigenvalue weighted by Gasteiger charge is 2.36. The first-order chi connectivity index (χ1) is 18.5. The van der Waals surface area contributed by atoms with Gasteiger partial charge in [-0.25, -0.2) is 18.0 Å². The highest BCUT2D eigenvalue weighted by atomic mass is 19.4. The number of hydrogen-bond acceptors (Lipinski definition) is 8. The van der Waals surface area contributed by atoms with Gasteiger partial charge in [0.2, 0.25) is 11.8 Å². The Labute approximate surface area is 213 Å². The molecule has 0 aliphatic carbocycles. The van der Waals surface area contributed by atoms with Crippen LogP contribution in [-0.2, 0) is 11.3 Å². The van der Waals surface area contributed by atoms with Crippen LogP contribution in [0, 0.1) is 5.82 Å².